The van der Waals surface area contributed by atoms with Crippen molar-refractivity contribution in [3.63, 3.8) is 0 Å². The largest absolute Gasteiger partial charge is 0.385 e. The van der Waals surface area contributed by atoms with Gasteiger partial charge in [-0.05, 0) is 48.9 Å². The van der Waals surface area contributed by atoms with E-state index in [1.54, 1.807) is 0 Å². The fourth-order valence-corrected chi connectivity index (χ4v) is 2.62. The van der Waals surface area contributed by atoms with Crippen LogP contribution in [0.1, 0.15) is 51.2 Å². The maximum absolute atomic E-state index is 10.8. The van der Waals surface area contributed by atoms with E-state index < -0.39 is 5.60 Å². The van der Waals surface area contributed by atoms with Crippen molar-refractivity contribution in [2.45, 2.75) is 51.0 Å². The Morgan fingerprint density at radius 2 is 1.72 bits per heavy atom. The summed E-state index contributed by atoms with van der Waals surface area (Å²) in [5.41, 5.74) is 1.92. The average Bonchev–Trinajstić information content (AvgIpc) is 2.54. The summed E-state index contributed by atoms with van der Waals surface area (Å²) in [6.45, 7) is 8.56. The van der Waals surface area contributed by atoms with Crippen LogP contribution in [0.3, 0.4) is 0 Å². The minimum absolute atomic E-state index is 0.173. The molecule has 0 bridgehead atoms. The molecule has 0 aliphatic carbocycles. The Hall–Kier alpha value is -0.860. The number of hydrogen-bond acceptors (Lipinski definition) is 2. The fraction of sp³-hybridized carbons (Fsp3) is 0.625. The third kappa shape index (κ3) is 2.93. The lowest BCUT2D eigenvalue weighted by atomic mass is 9.82. The zero-order chi connectivity index (χ0) is 13.2. The van der Waals surface area contributed by atoms with Crippen LogP contribution in [-0.4, -0.2) is 18.2 Å². The van der Waals surface area contributed by atoms with Gasteiger partial charge in [-0.15, -0.1) is 0 Å². The Balaban J connectivity index is 2.22. The zero-order valence-corrected chi connectivity index (χ0v) is 11.8. The Bertz CT molecular complexity index is 381. The van der Waals surface area contributed by atoms with E-state index in [0.29, 0.717) is 0 Å². The lowest BCUT2D eigenvalue weighted by molar-refractivity contribution is 0.0240. The van der Waals surface area contributed by atoms with Gasteiger partial charge in [-0.2, -0.15) is 0 Å². The van der Waals surface area contributed by atoms with E-state index in [2.05, 4.69) is 50.4 Å². The predicted octanol–water partition coefficient (Wildman–Crippen LogP) is 2.95. The Morgan fingerprint density at radius 3 is 2.33 bits per heavy atom. The molecule has 0 radical (unpaired) electrons. The first kappa shape index (κ1) is 13.6. The fourth-order valence-electron chi connectivity index (χ4n) is 2.62. The molecule has 0 aromatic heterocycles. The molecule has 1 aromatic rings. The molecule has 1 aliphatic heterocycles. The molecule has 0 amide bonds. The van der Waals surface area contributed by atoms with Crippen molar-refractivity contribution in [3.05, 3.63) is 35.4 Å². The van der Waals surface area contributed by atoms with Gasteiger partial charge in [0.15, 0.2) is 0 Å². The van der Waals surface area contributed by atoms with Crippen LogP contribution in [0.15, 0.2) is 24.3 Å². The lowest BCUT2D eigenvalue weighted by Gasteiger charge is -2.28. The van der Waals surface area contributed by atoms with Crippen molar-refractivity contribution in [1.82, 2.24) is 5.32 Å². The highest BCUT2D eigenvalue weighted by Gasteiger charge is 2.30. The number of hydrogen-bond donors (Lipinski definition) is 2. The molecule has 18 heavy (non-hydrogen) atoms. The second-order valence-corrected chi connectivity index (χ2v) is 6.46. The second-order valence-electron chi connectivity index (χ2n) is 6.46. The molecule has 2 nitrogen and oxygen atoms in total. The van der Waals surface area contributed by atoms with Crippen molar-refractivity contribution in [2.75, 3.05) is 13.1 Å². The van der Waals surface area contributed by atoms with Crippen molar-refractivity contribution in [3.8, 4) is 0 Å². The van der Waals surface area contributed by atoms with Gasteiger partial charge in [0.25, 0.3) is 0 Å². The molecule has 0 saturated carbocycles. The summed E-state index contributed by atoms with van der Waals surface area (Å²) < 4.78 is 0. The van der Waals surface area contributed by atoms with Crippen LogP contribution in [0.2, 0.25) is 0 Å². The third-order valence-corrected chi connectivity index (χ3v) is 3.95. The SMILES string of the molecule is CC(C)(C)c1ccc(C2(O)CCCNCC2)cc1. The van der Waals surface area contributed by atoms with Crippen LogP contribution >= 0.6 is 0 Å². The predicted molar refractivity (Wildman–Crippen MR) is 75.8 cm³/mol. The number of rotatable bonds is 1. The molecule has 2 heteroatoms. The first-order valence-corrected chi connectivity index (χ1v) is 6.96. The van der Waals surface area contributed by atoms with Gasteiger partial charge in [-0.1, -0.05) is 45.0 Å². The van der Waals surface area contributed by atoms with E-state index in [9.17, 15) is 5.11 Å². The summed E-state index contributed by atoms with van der Waals surface area (Å²) in [6, 6.07) is 8.52. The average molecular weight is 247 g/mol. The molecule has 1 unspecified atom stereocenters. The minimum Gasteiger partial charge on any atom is -0.385 e. The quantitative estimate of drug-likeness (QED) is 0.799. The van der Waals surface area contributed by atoms with Crippen molar-refractivity contribution < 1.29 is 5.11 Å². The van der Waals surface area contributed by atoms with Gasteiger partial charge in [0.05, 0.1) is 5.60 Å². The molecular weight excluding hydrogens is 222 g/mol. The molecular formula is C16H25NO. The Labute approximate surface area is 110 Å². The van der Waals surface area contributed by atoms with Crippen LogP contribution in [0.5, 0.6) is 0 Å². The van der Waals surface area contributed by atoms with Gasteiger partial charge < -0.3 is 10.4 Å². The molecule has 2 N–H and O–H groups in total. The maximum atomic E-state index is 10.8. The van der Waals surface area contributed by atoms with Gasteiger partial charge >= 0.3 is 0 Å². The standard InChI is InChI=1S/C16H25NO/c1-15(2,3)13-5-7-14(8-6-13)16(18)9-4-11-17-12-10-16/h5-8,17-18H,4,9-12H2,1-3H3. The van der Waals surface area contributed by atoms with E-state index in [0.717, 1.165) is 37.9 Å². The summed E-state index contributed by atoms with van der Waals surface area (Å²) >= 11 is 0. The molecule has 2 rings (SSSR count). The number of nitrogens with one attached hydrogen (secondary N) is 1. The summed E-state index contributed by atoms with van der Waals surface area (Å²) in [4.78, 5) is 0. The summed E-state index contributed by atoms with van der Waals surface area (Å²) in [5, 5.41) is 14.1. The molecule has 1 atom stereocenters. The molecule has 1 heterocycles. The minimum atomic E-state index is -0.639. The van der Waals surface area contributed by atoms with E-state index in [1.807, 2.05) is 0 Å². The van der Waals surface area contributed by atoms with Crippen LogP contribution in [0.25, 0.3) is 0 Å². The second kappa shape index (κ2) is 5.02. The monoisotopic (exact) mass is 247 g/mol. The molecule has 1 aliphatic rings. The molecule has 1 fully saturated rings. The number of aliphatic hydroxyl groups is 1. The Morgan fingerprint density at radius 1 is 1.06 bits per heavy atom. The first-order chi connectivity index (χ1) is 8.42. The molecule has 1 saturated heterocycles. The van der Waals surface area contributed by atoms with Gasteiger partial charge in [-0.3, -0.25) is 0 Å². The van der Waals surface area contributed by atoms with Crippen molar-refractivity contribution >= 4 is 0 Å². The summed E-state index contributed by atoms with van der Waals surface area (Å²) in [7, 11) is 0. The van der Waals surface area contributed by atoms with E-state index in [-0.39, 0.29) is 5.41 Å². The zero-order valence-electron chi connectivity index (χ0n) is 11.8. The summed E-state index contributed by atoms with van der Waals surface area (Å²) in [6.07, 6.45) is 2.70. The molecule has 100 valence electrons. The van der Waals surface area contributed by atoms with Crippen LogP contribution in [0.4, 0.5) is 0 Å². The topological polar surface area (TPSA) is 32.3 Å². The summed E-state index contributed by atoms with van der Waals surface area (Å²) in [5.74, 6) is 0. The highest BCUT2D eigenvalue weighted by molar-refractivity contribution is 5.31. The molecule has 0 spiro atoms. The van der Waals surface area contributed by atoms with Crippen molar-refractivity contribution in [1.29, 1.82) is 0 Å². The highest BCUT2D eigenvalue weighted by Crippen LogP contribution is 2.32. The van der Waals surface area contributed by atoms with Crippen LogP contribution < -0.4 is 5.32 Å². The van der Waals surface area contributed by atoms with Crippen LogP contribution in [0, 0.1) is 0 Å². The van der Waals surface area contributed by atoms with Crippen molar-refractivity contribution in [2.24, 2.45) is 0 Å². The van der Waals surface area contributed by atoms with E-state index in [4.69, 9.17) is 0 Å². The van der Waals surface area contributed by atoms with Gasteiger partial charge in [0, 0.05) is 0 Å². The Kier molecular flexibility index (Phi) is 3.79. The first-order valence-electron chi connectivity index (χ1n) is 6.96. The third-order valence-electron chi connectivity index (χ3n) is 3.95. The van der Waals surface area contributed by atoms with Crippen LogP contribution in [-0.2, 0) is 11.0 Å². The van der Waals surface area contributed by atoms with E-state index >= 15 is 0 Å². The maximum Gasteiger partial charge on any atom is 0.0909 e. The number of benzene rings is 1. The normalized spacial score (nSPS) is 25.8. The molecule has 1 aromatic carbocycles. The smallest absolute Gasteiger partial charge is 0.0909 e. The van der Waals surface area contributed by atoms with E-state index in [1.165, 1.54) is 5.56 Å². The highest BCUT2D eigenvalue weighted by atomic mass is 16.3. The van der Waals surface area contributed by atoms with Gasteiger partial charge in [0.2, 0.25) is 0 Å². The van der Waals surface area contributed by atoms with Gasteiger partial charge in [-0.25, -0.2) is 0 Å². The van der Waals surface area contributed by atoms with Gasteiger partial charge in [0.1, 0.15) is 0 Å². The lowest BCUT2D eigenvalue weighted by Crippen LogP contribution is -2.27.